The second-order valence-corrected chi connectivity index (χ2v) is 4.28. The molecule has 5 heteroatoms. The fourth-order valence-electron chi connectivity index (χ4n) is 1.12. The molecule has 0 amide bonds. The lowest BCUT2D eigenvalue weighted by Crippen LogP contribution is -2.33. The van der Waals surface area contributed by atoms with Crippen molar-refractivity contribution in [2.75, 3.05) is 13.7 Å². The Kier molecular flexibility index (Phi) is 3.32. The van der Waals surface area contributed by atoms with E-state index in [-0.39, 0.29) is 12.1 Å². The molecule has 0 aliphatic carbocycles. The fourth-order valence-corrected chi connectivity index (χ4v) is 1.57. The first kappa shape index (κ1) is 10.9. The van der Waals surface area contributed by atoms with Crippen LogP contribution in [0, 0.1) is 0 Å². The van der Waals surface area contributed by atoms with Crippen LogP contribution in [0.2, 0.25) is 0 Å². The van der Waals surface area contributed by atoms with Crippen molar-refractivity contribution in [2.24, 2.45) is 0 Å². The van der Waals surface area contributed by atoms with Gasteiger partial charge in [-0.1, -0.05) is 15.9 Å². The van der Waals surface area contributed by atoms with Crippen molar-refractivity contribution in [2.45, 2.75) is 30.6 Å². The molecule has 0 bridgehead atoms. The normalized spacial score (nSPS) is 28.5. The van der Waals surface area contributed by atoms with E-state index in [2.05, 4.69) is 20.7 Å². The maximum atomic E-state index is 11.1. The number of rotatable bonds is 2. The summed E-state index contributed by atoms with van der Waals surface area (Å²) < 4.78 is 15.3. The van der Waals surface area contributed by atoms with Gasteiger partial charge in [-0.05, 0) is 13.8 Å². The first-order chi connectivity index (χ1) is 5.96. The maximum absolute atomic E-state index is 11.1. The Morgan fingerprint density at radius 2 is 2.31 bits per heavy atom. The summed E-state index contributed by atoms with van der Waals surface area (Å²) in [4.78, 5) is 10.6. The zero-order valence-electron chi connectivity index (χ0n) is 7.87. The molecular formula is C8H13BrO4. The van der Waals surface area contributed by atoms with E-state index < -0.39 is 10.6 Å². The molecule has 1 rings (SSSR count). The average Bonchev–Trinajstić information content (AvgIpc) is 2.43. The van der Waals surface area contributed by atoms with E-state index >= 15 is 0 Å². The molecule has 0 aromatic carbocycles. The van der Waals surface area contributed by atoms with E-state index in [4.69, 9.17) is 9.47 Å². The van der Waals surface area contributed by atoms with Gasteiger partial charge in [-0.25, -0.2) is 0 Å². The van der Waals surface area contributed by atoms with Gasteiger partial charge in [-0.3, -0.25) is 4.79 Å². The Balaban J connectivity index is 2.51. The lowest BCUT2D eigenvalue weighted by molar-refractivity contribution is -0.150. The van der Waals surface area contributed by atoms with Crippen LogP contribution in [0.15, 0.2) is 0 Å². The largest absolute Gasteiger partial charge is 0.468 e. The highest BCUT2D eigenvalue weighted by Crippen LogP contribution is 2.27. The number of carbonyl (C=O) groups is 1. The number of methoxy groups -OCH3 is 1. The van der Waals surface area contributed by atoms with Gasteiger partial charge in [0.25, 0.3) is 0 Å². The number of hydrogen-bond donors (Lipinski definition) is 0. The number of carbonyl (C=O) groups excluding carboxylic acids is 1. The van der Waals surface area contributed by atoms with Gasteiger partial charge in [0, 0.05) is 0 Å². The molecule has 0 radical (unpaired) electrons. The van der Waals surface area contributed by atoms with Gasteiger partial charge in [0.1, 0.15) is 10.9 Å². The smallest absolute Gasteiger partial charge is 0.322 e. The molecule has 13 heavy (non-hydrogen) atoms. The minimum Gasteiger partial charge on any atom is -0.468 e. The standard InChI is InChI=1S/C8H13BrO4/c1-8(2)12-4-5(13-8)6(9)7(10)11-3/h5-6H,4H2,1-3H3. The Hall–Kier alpha value is -0.130. The maximum Gasteiger partial charge on any atom is 0.322 e. The third-order valence-corrected chi connectivity index (χ3v) is 2.75. The molecule has 1 aliphatic rings. The van der Waals surface area contributed by atoms with Crippen LogP contribution in [-0.2, 0) is 19.0 Å². The number of ether oxygens (including phenoxy) is 3. The summed E-state index contributed by atoms with van der Waals surface area (Å²) in [5.74, 6) is -0.948. The third kappa shape index (κ3) is 2.65. The molecule has 0 aromatic rings. The average molecular weight is 253 g/mol. The van der Waals surface area contributed by atoms with Gasteiger partial charge in [-0.15, -0.1) is 0 Å². The minimum atomic E-state index is -0.606. The second kappa shape index (κ2) is 3.94. The molecule has 4 nitrogen and oxygen atoms in total. The molecule has 1 heterocycles. The molecule has 0 aromatic heterocycles. The van der Waals surface area contributed by atoms with Gasteiger partial charge < -0.3 is 14.2 Å². The Morgan fingerprint density at radius 1 is 1.69 bits per heavy atom. The molecule has 0 saturated carbocycles. The van der Waals surface area contributed by atoms with E-state index in [1.807, 2.05) is 13.8 Å². The Labute approximate surface area is 85.7 Å². The van der Waals surface area contributed by atoms with Gasteiger partial charge >= 0.3 is 5.97 Å². The van der Waals surface area contributed by atoms with Crippen LogP contribution in [0.3, 0.4) is 0 Å². The highest BCUT2D eigenvalue weighted by atomic mass is 79.9. The van der Waals surface area contributed by atoms with E-state index in [1.165, 1.54) is 7.11 Å². The first-order valence-corrected chi connectivity index (χ1v) is 4.91. The van der Waals surface area contributed by atoms with Crippen LogP contribution in [0.1, 0.15) is 13.8 Å². The Morgan fingerprint density at radius 3 is 2.69 bits per heavy atom. The first-order valence-electron chi connectivity index (χ1n) is 4.00. The van der Waals surface area contributed by atoms with Crippen LogP contribution in [-0.4, -0.2) is 36.4 Å². The molecule has 0 spiro atoms. The van der Waals surface area contributed by atoms with Crippen molar-refractivity contribution in [1.82, 2.24) is 0 Å². The van der Waals surface area contributed by atoms with Crippen molar-refractivity contribution in [3.63, 3.8) is 0 Å². The highest BCUT2D eigenvalue weighted by Gasteiger charge is 2.39. The zero-order chi connectivity index (χ0) is 10.1. The monoisotopic (exact) mass is 252 g/mol. The van der Waals surface area contributed by atoms with E-state index in [1.54, 1.807) is 0 Å². The molecule has 1 saturated heterocycles. The minimum absolute atomic E-state index is 0.276. The number of alkyl halides is 1. The van der Waals surface area contributed by atoms with Gasteiger partial charge in [0.15, 0.2) is 5.79 Å². The predicted molar refractivity (Wildman–Crippen MR) is 49.6 cm³/mol. The topological polar surface area (TPSA) is 44.8 Å². The van der Waals surface area contributed by atoms with E-state index in [0.717, 1.165) is 0 Å². The quantitative estimate of drug-likeness (QED) is 0.545. The third-order valence-electron chi connectivity index (χ3n) is 1.78. The predicted octanol–water partition coefficient (Wildman–Crippen LogP) is 1.07. The van der Waals surface area contributed by atoms with E-state index in [9.17, 15) is 4.79 Å². The summed E-state index contributed by atoms with van der Waals surface area (Å²) in [6.45, 7) is 4.02. The molecule has 2 unspecified atom stereocenters. The van der Waals surface area contributed by atoms with E-state index in [0.29, 0.717) is 6.61 Å². The van der Waals surface area contributed by atoms with Crippen molar-refractivity contribution >= 4 is 21.9 Å². The van der Waals surface area contributed by atoms with Crippen LogP contribution in [0.25, 0.3) is 0 Å². The van der Waals surface area contributed by atoms with Crippen molar-refractivity contribution in [3.8, 4) is 0 Å². The Bertz CT molecular complexity index is 204. The summed E-state index contributed by atoms with van der Waals surface area (Å²) in [5, 5.41) is 0. The van der Waals surface area contributed by atoms with Crippen molar-refractivity contribution < 1.29 is 19.0 Å². The van der Waals surface area contributed by atoms with Crippen LogP contribution < -0.4 is 0 Å². The summed E-state index contributed by atoms with van der Waals surface area (Å²) >= 11 is 3.20. The lowest BCUT2D eigenvalue weighted by atomic mass is 10.3. The molecular weight excluding hydrogens is 240 g/mol. The molecule has 1 aliphatic heterocycles. The van der Waals surface area contributed by atoms with Crippen LogP contribution >= 0.6 is 15.9 Å². The van der Waals surface area contributed by atoms with Gasteiger partial charge in [-0.2, -0.15) is 0 Å². The summed E-state index contributed by atoms with van der Waals surface area (Å²) in [6, 6.07) is 0. The second-order valence-electron chi connectivity index (χ2n) is 3.29. The SMILES string of the molecule is COC(=O)C(Br)C1COC(C)(C)O1. The molecule has 76 valence electrons. The van der Waals surface area contributed by atoms with Crippen molar-refractivity contribution in [1.29, 1.82) is 0 Å². The van der Waals surface area contributed by atoms with Gasteiger partial charge in [0.05, 0.1) is 13.7 Å². The van der Waals surface area contributed by atoms with Crippen molar-refractivity contribution in [3.05, 3.63) is 0 Å². The van der Waals surface area contributed by atoms with Crippen LogP contribution in [0.4, 0.5) is 0 Å². The lowest BCUT2D eigenvalue weighted by Gasteiger charge is -2.18. The molecule has 2 atom stereocenters. The molecule has 0 N–H and O–H groups in total. The summed E-state index contributed by atoms with van der Waals surface area (Å²) in [6.07, 6.45) is -0.276. The number of hydrogen-bond acceptors (Lipinski definition) is 4. The highest BCUT2D eigenvalue weighted by molar-refractivity contribution is 9.10. The van der Waals surface area contributed by atoms with Gasteiger partial charge in [0.2, 0.25) is 0 Å². The zero-order valence-corrected chi connectivity index (χ0v) is 9.46. The summed E-state index contributed by atoms with van der Waals surface area (Å²) in [7, 11) is 1.34. The summed E-state index contributed by atoms with van der Waals surface area (Å²) in [5.41, 5.74) is 0. The molecule has 1 fully saturated rings. The fraction of sp³-hybridized carbons (Fsp3) is 0.875. The van der Waals surface area contributed by atoms with Crippen LogP contribution in [0.5, 0.6) is 0 Å². The number of esters is 1. The number of halogens is 1.